The van der Waals surface area contributed by atoms with Crippen molar-refractivity contribution in [1.29, 1.82) is 5.26 Å². The van der Waals surface area contributed by atoms with Gasteiger partial charge in [-0.2, -0.15) is 10.2 Å². The number of aromatic nitrogens is 2. The molecule has 0 amide bonds. The van der Waals surface area contributed by atoms with E-state index >= 15 is 0 Å². The smallest absolute Gasteiger partial charge is 0.257 e. The Morgan fingerprint density at radius 3 is 2.97 bits per heavy atom. The molecule has 0 radical (unpaired) electrons. The molecule has 2 aliphatic carbocycles. The van der Waals surface area contributed by atoms with Crippen molar-refractivity contribution >= 4 is 11.9 Å². The molecular formula is C28H34N4O4. The molecule has 0 spiro atoms. The molecule has 0 aliphatic heterocycles. The normalized spacial score (nSPS) is 23.1. The van der Waals surface area contributed by atoms with Crippen molar-refractivity contribution in [3.8, 4) is 17.5 Å². The minimum atomic E-state index is -0.432. The van der Waals surface area contributed by atoms with Crippen LogP contribution in [0.5, 0.6) is 0 Å². The summed E-state index contributed by atoms with van der Waals surface area (Å²) in [6, 6.07) is 8.46. The first-order chi connectivity index (χ1) is 17.4. The van der Waals surface area contributed by atoms with Gasteiger partial charge < -0.3 is 24.1 Å². The third-order valence-corrected chi connectivity index (χ3v) is 7.07. The monoisotopic (exact) mass is 490 g/mol. The van der Waals surface area contributed by atoms with Gasteiger partial charge in [-0.25, -0.2) is 0 Å². The zero-order valence-electron chi connectivity index (χ0n) is 21.2. The van der Waals surface area contributed by atoms with Gasteiger partial charge in [-0.3, -0.25) is 0 Å². The number of hydrogen-bond acceptors (Lipinski definition) is 8. The SMILES string of the molecule is CC(C)OC1C=CC(c2nc(-c3cccc4c3CCC4(CCC=O)CN(C)CCO)no2)=CC1C#N. The number of aliphatic hydroxyl groups excluding tert-OH is 1. The molecule has 8 nitrogen and oxygen atoms in total. The number of rotatable bonds is 11. The Morgan fingerprint density at radius 2 is 2.25 bits per heavy atom. The van der Waals surface area contributed by atoms with E-state index in [1.165, 1.54) is 11.1 Å². The molecule has 3 unspecified atom stereocenters. The van der Waals surface area contributed by atoms with E-state index in [0.717, 1.165) is 37.7 Å². The zero-order valence-corrected chi connectivity index (χ0v) is 21.2. The largest absolute Gasteiger partial charge is 0.395 e. The van der Waals surface area contributed by atoms with Crippen LogP contribution in [-0.2, 0) is 21.4 Å². The molecule has 0 fully saturated rings. The molecule has 3 atom stereocenters. The highest BCUT2D eigenvalue weighted by atomic mass is 16.5. The summed E-state index contributed by atoms with van der Waals surface area (Å²) in [6.45, 7) is 5.34. The van der Waals surface area contributed by atoms with Gasteiger partial charge in [0.05, 0.1) is 30.8 Å². The number of ether oxygens (including phenoxy) is 1. The number of aliphatic hydroxyl groups is 1. The van der Waals surface area contributed by atoms with Crippen molar-refractivity contribution in [2.75, 3.05) is 26.7 Å². The maximum atomic E-state index is 11.3. The van der Waals surface area contributed by atoms with Crippen molar-refractivity contribution in [3.63, 3.8) is 0 Å². The fourth-order valence-corrected chi connectivity index (χ4v) is 5.48. The van der Waals surface area contributed by atoms with Crippen LogP contribution in [0.1, 0.15) is 50.1 Å². The predicted octanol–water partition coefficient (Wildman–Crippen LogP) is 3.71. The number of allylic oxidation sites excluding steroid dienone is 2. The highest BCUT2D eigenvalue weighted by molar-refractivity contribution is 5.73. The van der Waals surface area contributed by atoms with Crippen LogP contribution in [0.25, 0.3) is 17.0 Å². The lowest BCUT2D eigenvalue weighted by Gasteiger charge is -2.34. The molecule has 8 heteroatoms. The first kappa shape index (κ1) is 26.0. The fraction of sp³-hybridized carbons (Fsp3) is 0.500. The Bertz CT molecular complexity index is 1180. The second kappa shape index (κ2) is 11.3. The van der Waals surface area contributed by atoms with Crippen molar-refractivity contribution in [3.05, 3.63) is 53.4 Å². The number of nitriles is 1. The average Bonchev–Trinajstić information content (AvgIpc) is 3.49. The van der Waals surface area contributed by atoms with Crippen LogP contribution in [0.2, 0.25) is 0 Å². The van der Waals surface area contributed by atoms with Gasteiger partial charge in [0.2, 0.25) is 5.82 Å². The van der Waals surface area contributed by atoms with E-state index in [0.29, 0.717) is 30.3 Å². The van der Waals surface area contributed by atoms with Crippen LogP contribution in [0.15, 0.2) is 41.0 Å². The maximum absolute atomic E-state index is 11.3. The third kappa shape index (κ3) is 5.34. The molecule has 36 heavy (non-hydrogen) atoms. The van der Waals surface area contributed by atoms with Crippen LogP contribution in [0.3, 0.4) is 0 Å². The van der Waals surface area contributed by atoms with Crippen LogP contribution < -0.4 is 0 Å². The van der Waals surface area contributed by atoms with Crippen LogP contribution in [0, 0.1) is 17.2 Å². The zero-order chi connectivity index (χ0) is 25.7. The van der Waals surface area contributed by atoms with E-state index in [1.807, 2.05) is 51.3 Å². The number of hydrogen-bond donors (Lipinski definition) is 1. The van der Waals surface area contributed by atoms with E-state index < -0.39 is 5.92 Å². The molecule has 0 bridgehead atoms. The van der Waals surface area contributed by atoms with Gasteiger partial charge in [-0.15, -0.1) is 0 Å². The van der Waals surface area contributed by atoms with E-state index in [9.17, 15) is 15.2 Å². The number of fused-ring (bicyclic) bond motifs is 1. The molecule has 0 saturated carbocycles. The second-order valence-corrected chi connectivity index (χ2v) is 9.99. The number of likely N-dealkylation sites (N-methyl/N-ethyl adjacent to an activating group) is 1. The van der Waals surface area contributed by atoms with Crippen LogP contribution in [0.4, 0.5) is 0 Å². The Morgan fingerprint density at radius 1 is 1.42 bits per heavy atom. The molecule has 1 aromatic heterocycles. The molecule has 2 aromatic rings. The summed E-state index contributed by atoms with van der Waals surface area (Å²) in [5, 5.41) is 23.3. The van der Waals surface area contributed by atoms with E-state index in [-0.39, 0.29) is 24.2 Å². The highest BCUT2D eigenvalue weighted by Gasteiger charge is 2.40. The lowest BCUT2D eigenvalue weighted by molar-refractivity contribution is -0.108. The molecule has 0 saturated heterocycles. The first-order valence-electron chi connectivity index (χ1n) is 12.6. The molecular weight excluding hydrogens is 456 g/mol. The lowest BCUT2D eigenvalue weighted by Crippen LogP contribution is -2.39. The number of nitrogens with zero attached hydrogens (tertiary/aromatic N) is 4. The van der Waals surface area contributed by atoms with E-state index in [4.69, 9.17) is 9.26 Å². The van der Waals surface area contributed by atoms with Crippen molar-refractivity contribution in [2.24, 2.45) is 5.92 Å². The van der Waals surface area contributed by atoms with Crippen LogP contribution >= 0.6 is 0 Å². The van der Waals surface area contributed by atoms with E-state index in [1.54, 1.807) is 0 Å². The summed E-state index contributed by atoms with van der Waals surface area (Å²) in [6.07, 6.45) is 9.28. The topological polar surface area (TPSA) is 112 Å². The maximum Gasteiger partial charge on any atom is 0.257 e. The van der Waals surface area contributed by atoms with Gasteiger partial charge in [-0.05, 0) is 51.3 Å². The van der Waals surface area contributed by atoms with Crippen molar-refractivity contribution in [1.82, 2.24) is 15.0 Å². The predicted molar refractivity (Wildman–Crippen MR) is 136 cm³/mol. The molecule has 2 aliphatic rings. The third-order valence-electron chi connectivity index (χ3n) is 7.07. The fourth-order valence-electron chi connectivity index (χ4n) is 5.48. The second-order valence-electron chi connectivity index (χ2n) is 9.99. The Labute approximate surface area is 212 Å². The molecule has 1 aromatic carbocycles. The van der Waals surface area contributed by atoms with Crippen LogP contribution in [-0.4, -0.2) is 65.4 Å². The first-order valence-corrected chi connectivity index (χ1v) is 12.6. The van der Waals surface area contributed by atoms with E-state index in [2.05, 4.69) is 27.2 Å². The van der Waals surface area contributed by atoms with Gasteiger partial charge in [0, 0.05) is 36.1 Å². The Kier molecular flexibility index (Phi) is 8.14. The molecule has 1 heterocycles. The number of benzene rings is 1. The molecule has 190 valence electrons. The molecule has 4 rings (SSSR count). The van der Waals surface area contributed by atoms with Crippen molar-refractivity contribution < 1.29 is 19.2 Å². The summed E-state index contributed by atoms with van der Waals surface area (Å²) >= 11 is 0. The van der Waals surface area contributed by atoms with Gasteiger partial charge >= 0.3 is 0 Å². The van der Waals surface area contributed by atoms with Gasteiger partial charge in [0.1, 0.15) is 6.29 Å². The van der Waals surface area contributed by atoms with Gasteiger partial charge in [0.15, 0.2) is 0 Å². The summed E-state index contributed by atoms with van der Waals surface area (Å²) in [5.41, 5.74) is 3.87. The summed E-state index contributed by atoms with van der Waals surface area (Å²) in [7, 11) is 2.00. The summed E-state index contributed by atoms with van der Waals surface area (Å²) in [5.74, 6) is 0.452. The number of carbonyl (C=O) groups excluding carboxylic acids is 1. The average molecular weight is 491 g/mol. The van der Waals surface area contributed by atoms with Gasteiger partial charge in [-0.1, -0.05) is 41.6 Å². The van der Waals surface area contributed by atoms with Gasteiger partial charge in [0.25, 0.3) is 5.89 Å². The summed E-state index contributed by atoms with van der Waals surface area (Å²) in [4.78, 5) is 18.1. The Balaban J connectivity index is 1.63. The quantitative estimate of drug-likeness (QED) is 0.475. The number of aldehydes is 1. The lowest BCUT2D eigenvalue weighted by atomic mass is 9.77. The molecule has 1 N–H and O–H groups in total. The Hall–Kier alpha value is -3.12. The minimum Gasteiger partial charge on any atom is -0.395 e. The van der Waals surface area contributed by atoms with Crippen molar-refractivity contribution in [2.45, 2.75) is 57.2 Å². The summed E-state index contributed by atoms with van der Waals surface area (Å²) < 4.78 is 11.5. The highest BCUT2D eigenvalue weighted by Crippen LogP contribution is 2.46. The minimum absolute atomic E-state index is 0.0164. The standard InChI is InChI=1S/C28H34N4O4/c1-19(2)35-25-9-8-20(16-21(25)17-29)27-30-26(31-36-27)23-6-4-7-24-22(23)10-12-28(24,11-5-14-33)18-32(3)13-15-34/h4,6-9,14,16,19,21,25,34H,5,10-13,15,18H2,1-3H3. The number of carbonyl (C=O) groups is 1.